The number of nitrogens with zero attached hydrogens (tertiary/aromatic N) is 1. The molecule has 1 fully saturated rings. The highest BCUT2D eigenvalue weighted by atomic mass is 35.5. The van der Waals surface area contributed by atoms with Gasteiger partial charge in [0.05, 0.1) is 12.0 Å². The topological polar surface area (TPSA) is 89.7 Å². The summed E-state index contributed by atoms with van der Waals surface area (Å²) in [4.78, 5) is 11.9. The van der Waals surface area contributed by atoms with E-state index >= 15 is 0 Å². The minimum absolute atomic E-state index is 0. The summed E-state index contributed by atoms with van der Waals surface area (Å²) in [5.74, 6) is -0.151. The number of halogens is 1. The average molecular weight is 369 g/mol. The van der Waals surface area contributed by atoms with Crippen LogP contribution >= 0.6 is 23.7 Å². The molecule has 126 valence electrons. The third-order valence-electron chi connectivity index (χ3n) is 3.84. The first-order valence-corrected chi connectivity index (χ1v) is 9.11. The number of nitrogens with two attached hydrogens (primary N) is 1. The maximum absolute atomic E-state index is 12.5. The van der Waals surface area contributed by atoms with Crippen molar-refractivity contribution in [3.8, 4) is 0 Å². The van der Waals surface area contributed by atoms with Gasteiger partial charge in [0.25, 0.3) is 0 Å². The van der Waals surface area contributed by atoms with E-state index in [9.17, 15) is 13.2 Å². The molecule has 0 aromatic carbocycles. The Morgan fingerprint density at radius 2 is 2.05 bits per heavy atom. The van der Waals surface area contributed by atoms with Gasteiger partial charge in [-0.1, -0.05) is 0 Å². The molecule has 9 heteroatoms. The van der Waals surface area contributed by atoms with E-state index in [2.05, 4.69) is 4.74 Å². The predicted octanol–water partition coefficient (Wildman–Crippen LogP) is 1.70. The maximum Gasteiger partial charge on any atom is 0.348 e. The van der Waals surface area contributed by atoms with Crippen molar-refractivity contribution in [2.24, 2.45) is 11.7 Å². The largest absolute Gasteiger partial charge is 0.465 e. The number of sulfonamides is 1. The van der Waals surface area contributed by atoms with Crippen LogP contribution in [0.15, 0.2) is 16.3 Å². The number of methoxy groups -OCH3 is 1. The van der Waals surface area contributed by atoms with Crippen molar-refractivity contribution in [1.29, 1.82) is 0 Å². The van der Waals surface area contributed by atoms with E-state index in [1.165, 1.54) is 22.9 Å². The highest BCUT2D eigenvalue weighted by molar-refractivity contribution is 7.89. The summed E-state index contributed by atoms with van der Waals surface area (Å²) in [5, 5.41) is 1.49. The van der Waals surface area contributed by atoms with Gasteiger partial charge in [0.2, 0.25) is 10.0 Å². The molecule has 1 aromatic heterocycles. The minimum atomic E-state index is -3.54. The molecule has 0 bridgehead atoms. The molecular weight excluding hydrogens is 348 g/mol. The van der Waals surface area contributed by atoms with Crippen LogP contribution in [-0.4, -0.2) is 44.9 Å². The summed E-state index contributed by atoms with van der Waals surface area (Å²) in [6.45, 7) is 2.90. The van der Waals surface area contributed by atoms with Gasteiger partial charge in [-0.05, 0) is 31.7 Å². The molecule has 2 heterocycles. The molecule has 1 aliphatic heterocycles. The Morgan fingerprint density at radius 1 is 1.45 bits per heavy atom. The summed E-state index contributed by atoms with van der Waals surface area (Å²) >= 11 is 1.08. The smallest absolute Gasteiger partial charge is 0.348 e. The fourth-order valence-electron chi connectivity index (χ4n) is 2.45. The fraction of sp³-hybridized carbons (Fsp3) is 0.615. The lowest BCUT2D eigenvalue weighted by molar-refractivity contribution is 0.0606. The molecule has 1 unspecified atom stereocenters. The van der Waals surface area contributed by atoms with Gasteiger partial charge in [0.15, 0.2) is 0 Å². The Labute approximate surface area is 141 Å². The third kappa shape index (κ3) is 3.99. The van der Waals surface area contributed by atoms with Crippen LogP contribution in [-0.2, 0) is 14.8 Å². The Kier molecular flexibility index (Phi) is 6.82. The summed E-state index contributed by atoms with van der Waals surface area (Å²) in [5.41, 5.74) is 5.87. The van der Waals surface area contributed by atoms with E-state index in [-0.39, 0.29) is 23.3 Å². The number of carbonyl (C=O) groups excluding carboxylic acids is 1. The Balaban J connectivity index is 0.00000242. The lowest BCUT2D eigenvalue weighted by Crippen LogP contribution is -2.42. The van der Waals surface area contributed by atoms with Crippen molar-refractivity contribution >= 4 is 39.7 Å². The van der Waals surface area contributed by atoms with Crippen LogP contribution < -0.4 is 5.73 Å². The first kappa shape index (κ1) is 19.4. The van der Waals surface area contributed by atoms with Crippen molar-refractivity contribution in [3.05, 3.63) is 16.3 Å². The van der Waals surface area contributed by atoms with Gasteiger partial charge in [-0.2, -0.15) is 4.31 Å². The minimum Gasteiger partial charge on any atom is -0.465 e. The van der Waals surface area contributed by atoms with Gasteiger partial charge in [-0.25, -0.2) is 13.2 Å². The number of thiophene rings is 1. The van der Waals surface area contributed by atoms with Crippen LogP contribution in [0.3, 0.4) is 0 Å². The number of esters is 1. The molecule has 0 aliphatic carbocycles. The molecule has 0 saturated carbocycles. The molecule has 0 spiro atoms. The van der Waals surface area contributed by atoms with Crippen molar-refractivity contribution in [3.63, 3.8) is 0 Å². The van der Waals surface area contributed by atoms with E-state index in [0.29, 0.717) is 23.9 Å². The summed E-state index contributed by atoms with van der Waals surface area (Å²) < 4.78 is 31.1. The van der Waals surface area contributed by atoms with E-state index in [1.54, 1.807) is 0 Å². The number of hydrogen-bond donors (Lipinski definition) is 1. The second kappa shape index (κ2) is 7.74. The number of ether oxygens (including phenoxy) is 1. The van der Waals surface area contributed by atoms with Gasteiger partial charge in [-0.3, -0.25) is 0 Å². The Morgan fingerprint density at radius 3 is 2.55 bits per heavy atom. The second-order valence-corrected chi connectivity index (χ2v) is 8.09. The van der Waals surface area contributed by atoms with Crippen molar-refractivity contribution < 1.29 is 17.9 Å². The van der Waals surface area contributed by atoms with E-state index in [4.69, 9.17) is 5.73 Å². The van der Waals surface area contributed by atoms with Crippen LogP contribution in [0.25, 0.3) is 0 Å². The first-order valence-electron chi connectivity index (χ1n) is 6.79. The summed E-state index contributed by atoms with van der Waals surface area (Å²) in [6.07, 6.45) is 1.54. The van der Waals surface area contributed by atoms with Crippen LogP contribution in [0.5, 0.6) is 0 Å². The van der Waals surface area contributed by atoms with E-state index in [0.717, 1.165) is 24.2 Å². The lowest BCUT2D eigenvalue weighted by atomic mass is 9.92. The van der Waals surface area contributed by atoms with Crippen molar-refractivity contribution in [1.82, 2.24) is 4.31 Å². The predicted molar refractivity (Wildman–Crippen MR) is 88.0 cm³/mol. The third-order valence-corrected chi connectivity index (χ3v) is 6.78. The van der Waals surface area contributed by atoms with Crippen LogP contribution in [0.2, 0.25) is 0 Å². The molecule has 0 amide bonds. The van der Waals surface area contributed by atoms with Crippen molar-refractivity contribution in [2.75, 3.05) is 20.2 Å². The van der Waals surface area contributed by atoms with E-state index < -0.39 is 16.0 Å². The molecule has 6 nitrogen and oxygen atoms in total. The van der Waals surface area contributed by atoms with Crippen molar-refractivity contribution in [2.45, 2.75) is 30.7 Å². The molecule has 1 aromatic rings. The zero-order valence-electron chi connectivity index (χ0n) is 12.5. The Hall–Kier alpha value is -0.670. The molecule has 1 saturated heterocycles. The Bertz CT molecular complexity index is 607. The second-order valence-electron chi connectivity index (χ2n) is 5.24. The zero-order valence-corrected chi connectivity index (χ0v) is 15.0. The lowest BCUT2D eigenvalue weighted by Gasteiger charge is -2.32. The SMILES string of the molecule is COC(=O)c1cc(S(=O)(=O)N2CCC(C(C)N)CC2)cs1.Cl. The molecule has 1 aliphatic rings. The average Bonchev–Trinajstić information content (AvgIpc) is 2.97. The van der Waals surface area contributed by atoms with Crippen LogP contribution in [0.1, 0.15) is 29.4 Å². The molecular formula is C13H21ClN2O4S2. The number of rotatable bonds is 4. The molecule has 2 N–H and O–H groups in total. The summed E-state index contributed by atoms with van der Waals surface area (Å²) in [6, 6.07) is 1.46. The highest BCUT2D eigenvalue weighted by Crippen LogP contribution is 2.27. The normalized spacial score (nSPS) is 18.5. The van der Waals surface area contributed by atoms with Gasteiger partial charge in [0, 0.05) is 24.5 Å². The molecule has 2 rings (SSSR count). The molecule has 22 heavy (non-hydrogen) atoms. The van der Waals surface area contributed by atoms with Crippen LogP contribution in [0.4, 0.5) is 0 Å². The quantitative estimate of drug-likeness (QED) is 0.817. The maximum atomic E-state index is 12.5. The molecule has 0 radical (unpaired) electrons. The summed E-state index contributed by atoms with van der Waals surface area (Å²) in [7, 11) is -2.26. The number of hydrogen-bond acceptors (Lipinski definition) is 6. The first-order chi connectivity index (χ1) is 9.86. The molecule has 1 atom stereocenters. The highest BCUT2D eigenvalue weighted by Gasteiger charge is 2.31. The van der Waals surface area contributed by atoms with Gasteiger partial charge in [-0.15, -0.1) is 23.7 Å². The number of piperidine rings is 1. The van der Waals surface area contributed by atoms with E-state index in [1.807, 2.05) is 6.92 Å². The zero-order chi connectivity index (χ0) is 15.6. The standard InChI is InChI=1S/C13H20N2O4S2.ClH/c1-9(14)10-3-5-15(6-4-10)21(17,18)11-7-12(20-8-11)13(16)19-2;/h7-10H,3-6,14H2,1-2H3;1H. The number of carbonyl (C=O) groups is 1. The monoisotopic (exact) mass is 368 g/mol. The van der Waals surface area contributed by atoms with Gasteiger partial charge < -0.3 is 10.5 Å². The van der Waals surface area contributed by atoms with Crippen LogP contribution in [0, 0.1) is 5.92 Å². The fourth-order valence-corrected chi connectivity index (χ4v) is 5.10. The van der Waals surface area contributed by atoms with Gasteiger partial charge in [0.1, 0.15) is 4.88 Å². The van der Waals surface area contributed by atoms with Gasteiger partial charge >= 0.3 is 5.97 Å².